The van der Waals surface area contributed by atoms with Gasteiger partial charge in [-0.25, -0.2) is 4.98 Å². The van der Waals surface area contributed by atoms with Crippen molar-refractivity contribution in [3.05, 3.63) is 42.4 Å². The maximum Gasteiger partial charge on any atom is 0.227 e. The highest BCUT2D eigenvalue weighted by atomic mass is 16.5. The molecule has 2 aromatic heterocycles. The molecule has 2 N–H and O–H groups in total. The number of hydrogen-bond donors (Lipinski definition) is 2. The molecule has 1 saturated heterocycles. The van der Waals surface area contributed by atoms with E-state index in [1.165, 1.54) is 0 Å². The van der Waals surface area contributed by atoms with Crippen LogP contribution in [-0.4, -0.2) is 59.5 Å². The second-order valence-corrected chi connectivity index (χ2v) is 5.39. The molecule has 1 atom stereocenters. The quantitative estimate of drug-likeness (QED) is 0.819. The average Bonchev–Trinajstić information content (AvgIpc) is 2.64. The normalized spacial score (nSPS) is 16.1. The lowest BCUT2D eigenvalue weighted by Crippen LogP contribution is -2.37. The highest BCUT2D eigenvalue weighted by Crippen LogP contribution is 2.16. The van der Waals surface area contributed by atoms with Gasteiger partial charge in [-0.2, -0.15) is 4.98 Å². The van der Waals surface area contributed by atoms with Gasteiger partial charge in [0.2, 0.25) is 5.95 Å². The molecule has 0 aromatic carbocycles. The van der Waals surface area contributed by atoms with Crippen LogP contribution in [0.5, 0.6) is 0 Å². The summed E-state index contributed by atoms with van der Waals surface area (Å²) in [6.45, 7) is 3.65. The summed E-state index contributed by atoms with van der Waals surface area (Å²) < 4.78 is 5.35. The molecule has 0 radical (unpaired) electrons. The SMILES string of the molecule is OCC(CNc1ccnc(N2CCOCC2)n1)c1cccnc1. The van der Waals surface area contributed by atoms with Gasteiger partial charge in [-0.3, -0.25) is 4.98 Å². The van der Waals surface area contributed by atoms with Crippen molar-refractivity contribution in [3.8, 4) is 0 Å². The van der Waals surface area contributed by atoms with Crippen molar-refractivity contribution in [1.29, 1.82) is 0 Å². The van der Waals surface area contributed by atoms with Crippen LogP contribution in [-0.2, 0) is 4.74 Å². The number of morpholine rings is 1. The van der Waals surface area contributed by atoms with Crippen LogP contribution in [0.1, 0.15) is 11.5 Å². The molecule has 3 heterocycles. The molecule has 1 aliphatic heterocycles. The van der Waals surface area contributed by atoms with Gasteiger partial charge in [0.05, 0.1) is 19.8 Å². The highest BCUT2D eigenvalue weighted by molar-refractivity contribution is 5.42. The summed E-state index contributed by atoms with van der Waals surface area (Å²) in [6.07, 6.45) is 5.25. The van der Waals surface area contributed by atoms with Crippen molar-refractivity contribution < 1.29 is 9.84 Å². The minimum absolute atomic E-state index is 0.0227. The Bertz CT molecular complexity index is 604. The Labute approximate surface area is 135 Å². The topological polar surface area (TPSA) is 83.4 Å². The van der Waals surface area contributed by atoms with Crippen LogP contribution >= 0.6 is 0 Å². The van der Waals surface area contributed by atoms with Crippen molar-refractivity contribution in [3.63, 3.8) is 0 Å². The standard InChI is InChI=1S/C16H21N5O2/c22-12-14(13-2-1-4-17-10-13)11-19-15-3-5-18-16(20-15)21-6-8-23-9-7-21/h1-5,10,14,22H,6-9,11-12H2,(H,18,19,20). The number of nitrogens with zero attached hydrogens (tertiary/aromatic N) is 4. The fourth-order valence-corrected chi connectivity index (χ4v) is 2.50. The summed E-state index contributed by atoms with van der Waals surface area (Å²) in [4.78, 5) is 15.1. The molecule has 0 spiro atoms. The van der Waals surface area contributed by atoms with E-state index in [4.69, 9.17) is 4.74 Å². The average molecular weight is 315 g/mol. The first-order valence-corrected chi connectivity index (χ1v) is 7.77. The molecule has 1 unspecified atom stereocenters. The molecule has 7 nitrogen and oxygen atoms in total. The van der Waals surface area contributed by atoms with E-state index in [-0.39, 0.29) is 12.5 Å². The summed E-state index contributed by atoms with van der Waals surface area (Å²) in [7, 11) is 0. The largest absolute Gasteiger partial charge is 0.396 e. The third-order valence-corrected chi connectivity index (χ3v) is 3.84. The Morgan fingerprint density at radius 3 is 2.87 bits per heavy atom. The van der Waals surface area contributed by atoms with Crippen molar-refractivity contribution in [2.45, 2.75) is 5.92 Å². The zero-order chi connectivity index (χ0) is 15.9. The molecule has 122 valence electrons. The number of aromatic nitrogens is 3. The molecule has 2 aromatic rings. The maximum absolute atomic E-state index is 9.59. The Kier molecular flexibility index (Phi) is 5.33. The van der Waals surface area contributed by atoms with Crippen LogP contribution in [0.3, 0.4) is 0 Å². The zero-order valence-electron chi connectivity index (χ0n) is 12.9. The van der Waals surface area contributed by atoms with Crippen LogP contribution in [0.4, 0.5) is 11.8 Å². The molecule has 1 fully saturated rings. The van der Waals surface area contributed by atoms with Crippen molar-refractivity contribution >= 4 is 11.8 Å². The van der Waals surface area contributed by atoms with Crippen LogP contribution < -0.4 is 10.2 Å². The zero-order valence-corrected chi connectivity index (χ0v) is 12.9. The van der Waals surface area contributed by atoms with Gasteiger partial charge in [0.15, 0.2) is 0 Å². The van der Waals surface area contributed by atoms with Crippen molar-refractivity contribution in [1.82, 2.24) is 15.0 Å². The minimum Gasteiger partial charge on any atom is -0.396 e. The molecule has 23 heavy (non-hydrogen) atoms. The molecular weight excluding hydrogens is 294 g/mol. The van der Waals surface area contributed by atoms with Gasteiger partial charge in [0.1, 0.15) is 5.82 Å². The van der Waals surface area contributed by atoms with Gasteiger partial charge in [0.25, 0.3) is 0 Å². The highest BCUT2D eigenvalue weighted by Gasteiger charge is 2.15. The molecule has 7 heteroatoms. The number of nitrogens with one attached hydrogen (secondary N) is 1. The third kappa shape index (κ3) is 4.14. The number of pyridine rings is 1. The Morgan fingerprint density at radius 2 is 2.13 bits per heavy atom. The summed E-state index contributed by atoms with van der Waals surface area (Å²) in [6, 6.07) is 5.68. The molecule has 1 aliphatic rings. The monoisotopic (exact) mass is 315 g/mol. The summed E-state index contributed by atoms with van der Waals surface area (Å²) in [5.74, 6) is 1.44. The number of anilines is 2. The van der Waals surface area contributed by atoms with Crippen LogP contribution in [0, 0.1) is 0 Å². The molecule has 3 rings (SSSR count). The molecule has 0 amide bonds. The first-order valence-electron chi connectivity index (χ1n) is 7.77. The second-order valence-electron chi connectivity index (χ2n) is 5.39. The van der Waals surface area contributed by atoms with E-state index in [1.807, 2.05) is 18.2 Å². The lowest BCUT2D eigenvalue weighted by Gasteiger charge is -2.27. The van der Waals surface area contributed by atoms with E-state index in [9.17, 15) is 5.11 Å². The lowest BCUT2D eigenvalue weighted by atomic mass is 10.0. The smallest absolute Gasteiger partial charge is 0.227 e. The molecule has 0 aliphatic carbocycles. The van der Waals surface area contributed by atoms with Gasteiger partial charge in [-0.15, -0.1) is 0 Å². The molecular formula is C16H21N5O2. The predicted octanol–water partition coefficient (Wildman–Crippen LogP) is 0.896. The maximum atomic E-state index is 9.59. The van der Waals surface area contributed by atoms with E-state index < -0.39 is 0 Å². The van der Waals surface area contributed by atoms with E-state index in [0.29, 0.717) is 25.7 Å². The second kappa shape index (κ2) is 7.85. The first-order chi connectivity index (χ1) is 11.4. The van der Waals surface area contributed by atoms with Crippen LogP contribution in [0.2, 0.25) is 0 Å². The predicted molar refractivity (Wildman–Crippen MR) is 87.6 cm³/mol. The number of aliphatic hydroxyl groups excluding tert-OH is 1. The summed E-state index contributed by atoms with van der Waals surface area (Å²) >= 11 is 0. The Hall–Kier alpha value is -2.25. The summed E-state index contributed by atoms with van der Waals surface area (Å²) in [5.41, 5.74) is 1.00. The molecule has 0 bridgehead atoms. The van der Waals surface area contributed by atoms with Crippen LogP contribution in [0.15, 0.2) is 36.8 Å². The Morgan fingerprint density at radius 1 is 1.26 bits per heavy atom. The fraction of sp³-hybridized carbons (Fsp3) is 0.438. The van der Waals surface area contributed by atoms with Gasteiger partial charge < -0.3 is 20.1 Å². The lowest BCUT2D eigenvalue weighted by molar-refractivity contribution is 0.122. The van der Waals surface area contributed by atoms with Gasteiger partial charge >= 0.3 is 0 Å². The van der Waals surface area contributed by atoms with E-state index in [0.717, 1.165) is 24.5 Å². The van der Waals surface area contributed by atoms with E-state index >= 15 is 0 Å². The number of rotatable bonds is 6. The number of ether oxygens (including phenoxy) is 1. The number of hydrogen-bond acceptors (Lipinski definition) is 7. The Balaban J connectivity index is 1.63. The first kappa shape index (κ1) is 15.6. The summed E-state index contributed by atoms with van der Waals surface area (Å²) in [5, 5.41) is 12.9. The van der Waals surface area contributed by atoms with Crippen molar-refractivity contribution in [2.75, 3.05) is 49.7 Å². The third-order valence-electron chi connectivity index (χ3n) is 3.84. The van der Waals surface area contributed by atoms with Crippen LogP contribution in [0.25, 0.3) is 0 Å². The minimum atomic E-state index is -0.0227. The van der Waals surface area contributed by atoms with Crippen molar-refractivity contribution in [2.24, 2.45) is 0 Å². The van der Waals surface area contributed by atoms with Gasteiger partial charge in [-0.1, -0.05) is 6.07 Å². The van der Waals surface area contributed by atoms with E-state index in [2.05, 4.69) is 25.2 Å². The molecule has 0 saturated carbocycles. The van der Waals surface area contributed by atoms with Gasteiger partial charge in [0, 0.05) is 44.1 Å². The fourth-order valence-electron chi connectivity index (χ4n) is 2.50. The van der Waals surface area contributed by atoms with E-state index in [1.54, 1.807) is 18.6 Å². The van der Waals surface area contributed by atoms with Gasteiger partial charge in [-0.05, 0) is 17.7 Å². The number of aliphatic hydroxyl groups is 1.